The molecule has 0 radical (unpaired) electrons. The van der Waals surface area contributed by atoms with E-state index in [0.717, 1.165) is 31.2 Å². The van der Waals surface area contributed by atoms with E-state index in [1.54, 1.807) is 18.1 Å². The number of benzene rings is 1. The quantitative estimate of drug-likeness (QED) is 0.466. The molecule has 0 amide bonds. The first kappa shape index (κ1) is 20.9. The first-order valence-corrected chi connectivity index (χ1v) is 9.63. The largest absolute Gasteiger partial charge is 0.355 e. The summed E-state index contributed by atoms with van der Waals surface area (Å²) < 4.78 is 1.76. The zero-order valence-corrected chi connectivity index (χ0v) is 17.2. The van der Waals surface area contributed by atoms with E-state index in [2.05, 4.69) is 82.1 Å². The van der Waals surface area contributed by atoms with Gasteiger partial charge >= 0.3 is 0 Å². The monoisotopic (exact) mass is 371 g/mol. The van der Waals surface area contributed by atoms with Crippen molar-refractivity contribution < 1.29 is 0 Å². The van der Waals surface area contributed by atoms with Crippen LogP contribution in [0.1, 0.15) is 51.0 Å². The molecular weight excluding hydrogens is 338 g/mol. The molecule has 148 valence electrons. The molecule has 1 aromatic carbocycles. The maximum Gasteiger partial charge on any atom is 0.191 e. The molecule has 0 aliphatic rings. The summed E-state index contributed by atoms with van der Waals surface area (Å²) in [4.78, 5) is 8.57. The first-order valence-electron chi connectivity index (χ1n) is 9.63. The van der Waals surface area contributed by atoms with E-state index in [9.17, 15) is 0 Å². The fourth-order valence-electron chi connectivity index (χ4n) is 3.16. The van der Waals surface area contributed by atoms with Gasteiger partial charge in [0.2, 0.25) is 0 Å². The minimum atomic E-state index is -0.0162. The molecule has 0 aliphatic heterocycles. The van der Waals surface area contributed by atoms with Crippen molar-refractivity contribution >= 4 is 5.96 Å². The van der Waals surface area contributed by atoms with Crippen molar-refractivity contribution in [3.8, 4) is 0 Å². The molecule has 1 aromatic heterocycles. The zero-order valence-electron chi connectivity index (χ0n) is 17.2. The van der Waals surface area contributed by atoms with Crippen molar-refractivity contribution in [2.24, 2.45) is 12.0 Å². The van der Waals surface area contributed by atoms with Crippen LogP contribution in [-0.4, -0.2) is 39.9 Å². The van der Waals surface area contributed by atoms with Crippen molar-refractivity contribution in [3.63, 3.8) is 0 Å². The van der Waals surface area contributed by atoms with Gasteiger partial charge in [0.25, 0.3) is 0 Å². The predicted molar refractivity (Wildman–Crippen MR) is 111 cm³/mol. The number of aliphatic imine (C=N–C) groups is 1. The topological polar surface area (TPSA) is 79.2 Å². The number of nitrogens with zero attached hydrogens (tertiary/aromatic N) is 4. The lowest BCUT2D eigenvalue weighted by Gasteiger charge is -2.37. The Labute approximate surface area is 162 Å². The average Bonchev–Trinajstić information content (AvgIpc) is 3.12. The Hall–Kier alpha value is -2.41. The Kier molecular flexibility index (Phi) is 7.79. The molecule has 1 heterocycles. The molecule has 0 saturated heterocycles. The summed E-state index contributed by atoms with van der Waals surface area (Å²) in [5.41, 5.74) is 1.28. The maximum atomic E-state index is 4.34. The van der Waals surface area contributed by atoms with Gasteiger partial charge in [-0.3, -0.25) is 9.67 Å². The van der Waals surface area contributed by atoms with Crippen molar-refractivity contribution in [1.82, 2.24) is 30.7 Å². The van der Waals surface area contributed by atoms with Crippen molar-refractivity contribution in [1.29, 1.82) is 0 Å². The lowest BCUT2D eigenvalue weighted by atomic mass is 9.90. The molecule has 0 saturated carbocycles. The Morgan fingerprint density at radius 3 is 2.44 bits per heavy atom. The second-order valence-corrected chi connectivity index (χ2v) is 6.84. The van der Waals surface area contributed by atoms with Gasteiger partial charge in [0.15, 0.2) is 5.96 Å². The summed E-state index contributed by atoms with van der Waals surface area (Å²) in [6.45, 7) is 8.04. The van der Waals surface area contributed by atoms with Crippen LogP contribution in [-0.2, 0) is 13.6 Å². The highest BCUT2D eigenvalue weighted by atomic mass is 15.3. The third kappa shape index (κ3) is 5.79. The van der Waals surface area contributed by atoms with Gasteiger partial charge in [0, 0.05) is 32.2 Å². The molecule has 1 unspecified atom stereocenters. The van der Waals surface area contributed by atoms with Gasteiger partial charge in [-0.1, -0.05) is 44.2 Å². The van der Waals surface area contributed by atoms with Crippen LogP contribution >= 0.6 is 0 Å². The second-order valence-electron chi connectivity index (χ2n) is 6.84. The Balaban J connectivity index is 1.96. The third-order valence-corrected chi connectivity index (χ3v) is 5.21. The lowest BCUT2D eigenvalue weighted by Crippen LogP contribution is -2.55. The molecular formula is C20H33N7. The van der Waals surface area contributed by atoms with Crippen molar-refractivity contribution in [3.05, 3.63) is 48.0 Å². The van der Waals surface area contributed by atoms with E-state index in [-0.39, 0.29) is 11.6 Å². The number of hydrogen-bond donors (Lipinski definition) is 3. The molecule has 2 aromatic rings. The van der Waals surface area contributed by atoms with Crippen LogP contribution in [0.25, 0.3) is 0 Å². The van der Waals surface area contributed by atoms with Crippen LogP contribution in [0.2, 0.25) is 0 Å². The van der Waals surface area contributed by atoms with E-state index in [1.165, 1.54) is 5.56 Å². The minimum Gasteiger partial charge on any atom is -0.355 e. The number of nitrogens with one attached hydrogen (secondary N) is 3. The van der Waals surface area contributed by atoms with E-state index in [1.807, 2.05) is 7.05 Å². The van der Waals surface area contributed by atoms with E-state index in [0.29, 0.717) is 6.54 Å². The standard InChI is InChI=1S/C20H33N7/c1-6-20(7-2,26-16(3)17-11-9-8-10-12-17)14-23-19(21-4)22-13-18-24-15-25-27(18)5/h8-12,15-16,26H,6-7,13-14H2,1-5H3,(H2,21,22,23). The first-order chi connectivity index (χ1) is 13.0. The fourth-order valence-corrected chi connectivity index (χ4v) is 3.16. The molecule has 7 nitrogen and oxygen atoms in total. The van der Waals surface area contributed by atoms with Crippen LogP contribution < -0.4 is 16.0 Å². The molecule has 0 bridgehead atoms. The smallest absolute Gasteiger partial charge is 0.191 e. The summed E-state index contributed by atoms with van der Waals surface area (Å²) in [5, 5.41) is 14.7. The van der Waals surface area contributed by atoms with Crippen LogP contribution in [0.5, 0.6) is 0 Å². The Morgan fingerprint density at radius 2 is 1.89 bits per heavy atom. The highest BCUT2D eigenvalue weighted by Gasteiger charge is 2.28. The molecule has 7 heteroatoms. The van der Waals surface area contributed by atoms with Gasteiger partial charge in [0.1, 0.15) is 12.2 Å². The van der Waals surface area contributed by atoms with Gasteiger partial charge in [0.05, 0.1) is 6.54 Å². The molecule has 2 rings (SSSR count). The minimum absolute atomic E-state index is 0.0162. The normalized spacial score (nSPS) is 13.4. The van der Waals surface area contributed by atoms with Gasteiger partial charge in [-0.2, -0.15) is 5.10 Å². The Morgan fingerprint density at radius 1 is 1.19 bits per heavy atom. The van der Waals surface area contributed by atoms with E-state index < -0.39 is 0 Å². The summed E-state index contributed by atoms with van der Waals surface area (Å²) >= 11 is 0. The number of aromatic nitrogens is 3. The van der Waals surface area contributed by atoms with Crippen LogP contribution in [0.3, 0.4) is 0 Å². The average molecular weight is 372 g/mol. The summed E-state index contributed by atoms with van der Waals surface area (Å²) in [5.74, 6) is 1.63. The molecule has 0 aliphatic carbocycles. The second kappa shape index (κ2) is 10.1. The lowest BCUT2D eigenvalue weighted by molar-refractivity contribution is 0.271. The SMILES string of the molecule is CCC(CC)(CNC(=NC)NCc1ncnn1C)NC(C)c1ccccc1. The van der Waals surface area contributed by atoms with Crippen LogP contribution in [0, 0.1) is 0 Å². The van der Waals surface area contributed by atoms with E-state index in [4.69, 9.17) is 0 Å². The predicted octanol–water partition coefficient (Wildman–Crippen LogP) is 2.39. The molecule has 3 N–H and O–H groups in total. The molecule has 1 atom stereocenters. The van der Waals surface area contributed by atoms with Crippen LogP contribution in [0.15, 0.2) is 41.7 Å². The van der Waals surface area contributed by atoms with Gasteiger partial charge in [-0.25, -0.2) is 4.98 Å². The summed E-state index contributed by atoms with van der Waals surface area (Å²) in [7, 11) is 3.67. The number of guanidine groups is 1. The summed E-state index contributed by atoms with van der Waals surface area (Å²) in [6, 6.07) is 10.8. The Bertz CT molecular complexity index is 704. The maximum absolute atomic E-state index is 4.34. The highest BCUT2D eigenvalue weighted by molar-refractivity contribution is 5.79. The van der Waals surface area contributed by atoms with Gasteiger partial charge in [-0.15, -0.1) is 0 Å². The number of aryl methyl sites for hydroxylation is 1. The molecule has 27 heavy (non-hydrogen) atoms. The molecule has 0 fully saturated rings. The summed E-state index contributed by atoms with van der Waals surface area (Å²) in [6.07, 6.45) is 3.60. The number of rotatable bonds is 9. The zero-order chi connectivity index (χ0) is 19.7. The molecule has 0 spiro atoms. The van der Waals surface area contributed by atoms with Crippen molar-refractivity contribution in [2.75, 3.05) is 13.6 Å². The fraction of sp³-hybridized carbons (Fsp3) is 0.550. The highest BCUT2D eigenvalue weighted by Crippen LogP contribution is 2.21. The third-order valence-electron chi connectivity index (χ3n) is 5.21. The van der Waals surface area contributed by atoms with Crippen molar-refractivity contribution in [2.45, 2.75) is 51.7 Å². The van der Waals surface area contributed by atoms with Gasteiger partial charge < -0.3 is 16.0 Å². The van der Waals surface area contributed by atoms with Crippen LogP contribution in [0.4, 0.5) is 0 Å². The number of hydrogen-bond acceptors (Lipinski definition) is 4. The van der Waals surface area contributed by atoms with E-state index >= 15 is 0 Å². The van der Waals surface area contributed by atoms with Gasteiger partial charge in [-0.05, 0) is 25.3 Å².